The van der Waals surface area contributed by atoms with Gasteiger partial charge in [-0.05, 0) is 49.9 Å². The maximum absolute atomic E-state index is 13.7. The molecule has 0 aliphatic heterocycles. The molecule has 0 radical (unpaired) electrons. The Bertz CT molecular complexity index is 1060. The van der Waals surface area contributed by atoms with E-state index < -0.39 is 11.6 Å². The van der Waals surface area contributed by atoms with E-state index in [-0.39, 0.29) is 18.2 Å². The van der Waals surface area contributed by atoms with Gasteiger partial charge in [-0.1, -0.05) is 84.9 Å². The van der Waals surface area contributed by atoms with Crippen molar-refractivity contribution >= 4 is 11.8 Å². The lowest BCUT2D eigenvalue weighted by molar-refractivity contribution is -0.141. The number of nitrogens with one attached hydrogen (secondary N) is 1. The Morgan fingerprint density at radius 2 is 1.36 bits per heavy atom. The zero-order valence-corrected chi connectivity index (χ0v) is 20.0. The van der Waals surface area contributed by atoms with Crippen LogP contribution in [-0.2, 0) is 29.0 Å². The number of nitrogens with zero attached hydrogens (tertiary/aromatic N) is 1. The van der Waals surface area contributed by atoms with Gasteiger partial charge < -0.3 is 10.2 Å². The first kappa shape index (κ1) is 24.2. The third-order valence-corrected chi connectivity index (χ3v) is 5.57. The van der Waals surface area contributed by atoms with Crippen molar-refractivity contribution in [3.8, 4) is 0 Å². The summed E-state index contributed by atoms with van der Waals surface area (Å²) in [4.78, 5) is 29.0. The molecule has 0 bridgehead atoms. The van der Waals surface area contributed by atoms with E-state index in [0.717, 1.165) is 22.3 Å². The number of amides is 2. The van der Waals surface area contributed by atoms with Gasteiger partial charge >= 0.3 is 0 Å². The van der Waals surface area contributed by atoms with Crippen LogP contribution in [0.5, 0.6) is 0 Å². The lowest BCUT2D eigenvalue weighted by atomic mass is 9.99. The molecule has 0 fully saturated rings. The second kappa shape index (κ2) is 11.0. The highest BCUT2D eigenvalue weighted by Crippen LogP contribution is 2.18. The third kappa shape index (κ3) is 7.31. The monoisotopic (exact) mass is 442 g/mol. The van der Waals surface area contributed by atoms with Gasteiger partial charge in [0.05, 0.1) is 6.42 Å². The van der Waals surface area contributed by atoms with Crippen LogP contribution in [0.3, 0.4) is 0 Å². The second-order valence-electron chi connectivity index (χ2n) is 9.56. The number of carbonyl (C=O) groups excluding carboxylic acids is 2. The van der Waals surface area contributed by atoms with Crippen LogP contribution in [0.25, 0.3) is 0 Å². The van der Waals surface area contributed by atoms with Crippen LogP contribution >= 0.6 is 0 Å². The first-order valence-corrected chi connectivity index (χ1v) is 11.5. The Hall–Kier alpha value is -3.40. The Kier molecular flexibility index (Phi) is 8.05. The highest BCUT2D eigenvalue weighted by atomic mass is 16.2. The van der Waals surface area contributed by atoms with Gasteiger partial charge in [0.25, 0.3) is 0 Å². The van der Waals surface area contributed by atoms with Crippen molar-refractivity contribution in [2.24, 2.45) is 0 Å². The van der Waals surface area contributed by atoms with Crippen LogP contribution < -0.4 is 5.32 Å². The molecule has 3 aromatic carbocycles. The third-order valence-electron chi connectivity index (χ3n) is 5.57. The lowest BCUT2D eigenvalue weighted by Crippen LogP contribution is -2.54. The highest BCUT2D eigenvalue weighted by molar-refractivity contribution is 5.89. The quantitative estimate of drug-likeness (QED) is 0.528. The van der Waals surface area contributed by atoms with Gasteiger partial charge in [-0.15, -0.1) is 0 Å². The molecule has 3 aromatic rings. The largest absolute Gasteiger partial charge is 0.350 e. The van der Waals surface area contributed by atoms with Crippen LogP contribution in [0.1, 0.15) is 43.0 Å². The molecule has 2 amide bonds. The van der Waals surface area contributed by atoms with Crippen molar-refractivity contribution in [3.05, 3.63) is 107 Å². The smallest absolute Gasteiger partial charge is 0.243 e. The second-order valence-corrected chi connectivity index (χ2v) is 9.56. The molecule has 0 saturated carbocycles. The number of rotatable bonds is 8. The normalized spacial score (nSPS) is 12.1. The first-order chi connectivity index (χ1) is 15.7. The SMILES string of the molecule is Cc1ccccc1CC(=O)N(Cc1ccccc1)[C@H](Cc1ccccc1)C(=O)NC(C)(C)C. The van der Waals surface area contributed by atoms with Crippen molar-refractivity contribution in [2.75, 3.05) is 0 Å². The van der Waals surface area contributed by atoms with Crippen molar-refractivity contribution in [1.29, 1.82) is 0 Å². The van der Waals surface area contributed by atoms with Crippen LogP contribution in [-0.4, -0.2) is 28.3 Å². The molecule has 0 aromatic heterocycles. The molecule has 172 valence electrons. The molecule has 0 unspecified atom stereocenters. The number of carbonyl (C=O) groups is 2. The standard InChI is InChI=1S/C29H34N2O2/c1-22-13-11-12-18-25(22)20-27(32)31(21-24-16-9-6-10-17-24)26(28(33)30-29(2,3)4)19-23-14-7-5-8-15-23/h5-18,26H,19-21H2,1-4H3,(H,30,33)/t26-/m1/s1. The lowest BCUT2D eigenvalue weighted by Gasteiger charge is -2.34. The summed E-state index contributed by atoms with van der Waals surface area (Å²) < 4.78 is 0. The number of hydrogen-bond acceptors (Lipinski definition) is 2. The van der Waals surface area contributed by atoms with Gasteiger partial charge in [-0.3, -0.25) is 9.59 Å². The number of hydrogen-bond donors (Lipinski definition) is 1. The molecule has 0 spiro atoms. The van der Waals surface area contributed by atoms with E-state index in [9.17, 15) is 9.59 Å². The predicted molar refractivity (Wildman–Crippen MR) is 134 cm³/mol. The molecule has 4 heteroatoms. The minimum atomic E-state index is -0.622. The topological polar surface area (TPSA) is 49.4 Å². The van der Waals surface area contributed by atoms with E-state index in [0.29, 0.717) is 13.0 Å². The average molecular weight is 443 g/mol. The number of benzene rings is 3. The first-order valence-electron chi connectivity index (χ1n) is 11.5. The Morgan fingerprint density at radius 1 is 0.818 bits per heavy atom. The molecule has 0 aliphatic carbocycles. The van der Waals surface area contributed by atoms with E-state index in [1.807, 2.05) is 113 Å². The Labute approximate surface area is 197 Å². The number of aryl methyl sites for hydroxylation is 1. The van der Waals surface area contributed by atoms with Gasteiger partial charge in [0, 0.05) is 18.5 Å². The van der Waals surface area contributed by atoms with Gasteiger partial charge in [-0.2, -0.15) is 0 Å². The molecule has 4 nitrogen and oxygen atoms in total. The summed E-state index contributed by atoms with van der Waals surface area (Å²) in [6, 6.07) is 27.0. The zero-order chi connectivity index (χ0) is 23.8. The molecule has 1 atom stereocenters. The molecular formula is C29H34N2O2. The Morgan fingerprint density at radius 3 is 1.94 bits per heavy atom. The van der Waals surface area contributed by atoms with Crippen LogP contribution in [0.4, 0.5) is 0 Å². The van der Waals surface area contributed by atoms with E-state index in [1.165, 1.54) is 0 Å². The molecule has 3 rings (SSSR count). The fourth-order valence-electron chi connectivity index (χ4n) is 3.86. The molecule has 0 saturated heterocycles. The van der Waals surface area contributed by atoms with Gasteiger partial charge in [0.2, 0.25) is 11.8 Å². The highest BCUT2D eigenvalue weighted by Gasteiger charge is 2.32. The summed E-state index contributed by atoms with van der Waals surface area (Å²) in [5, 5.41) is 3.10. The maximum Gasteiger partial charge on any atom is 0.243 e. The van der Waals surface area contributed by atoms with Crippen molar-refractivity contribution in [3.63, 3.8) is 0 Å². The molecule has 1 N–H and O–H groups in total. The molecule has 0 heterocycles. The predicted octanol–water partition coefficient (Wildman–Crippen LogP) is 5.09. The summed E-state index contributed by atoms with van der Waals surface area (Å²) in [5.41, 5.74) is 3.67. The average Bonchev–Trinajstić information content (AvgIpc) is 2.78. The fraction of sp³-hybridized carbons (Fsp3) is 0.310. The van der Waals surface area contributed by atoms with Crippen molar-refractivity contribution in [1.82, 2.24) is 10.2 Å². The van der Waals surface area contributed by atoms with Crippen LogP contribution in [0.15, 0.2) is 84.9 Å². The zero-order valence-electron chi connectivity index (χ0n) is 20.0. The van der Waals surface area contributed by atoms with Crippen LogP contribution in [0, 0.1) is 6.92 Å². The van der Waals surface area contributed by atoms with E-state index in [4.69, 9.17) is 0 Å². The van der Waals surface area contributed by atoms with Crippen LogP contribution in [0.2, 0.25) is 0 Å². The van der Waals surface area contributed by atoms with E-state index in [2.05, 4.69) is 5.32 Å². The molecule has 33 heavy (non-hydrogen) atoms. The van der Waals surface area contributed by atoms with Crippen molar-refractivity contribution in [2.45, 2.75) is 58.7 Å². The summed E-state index contributed by atoms with van der Waals surface area (Å²) in [7, 11) is 0. The summed E-state index contributed by atoms with van der Waals surface area (Å²) in [6.45, 7) is 8.27. The maximum atomic E-state index is 13.7. The van der Waals surface area contributed by atoms with Crippen molar-refractivity contribution < 1.29 is 9.59 Å². The Balaban J connectivity index is 1.98. The summed E-state index contributed by atoms with van der Waals surface area (Å²) in [5.74, 6) is -0.196. The summed E-state index contributed by atoms with van der Waals surface area (Å²) >= 11 is 0. The minimum absolute atomic E-state index is 0.0573. The summed E-state index contributed by atoms with van der Waals surface area (Å²) in [6.07, 6.45) is 0.711. The molecule has 0 aliphatic rings. The fourth-order valence-corrected chi connectivity index (χ4v) is 3.86. The van der Waals surface area contributed by atoms with Gasteiger partial charge in [0.15, 0.2) is 0 Å². The van der Waals surface area contributed by atoms with Gasteiger partial charge in [-0.25, -0.2) is 0 Å². The van der Waals surface area contributed by atoms with Gasteiger partial charge in [0.1, 0.15) is 6.04 Å². The molecular weight excluding hydrogens is 408 g/mol. The van der Waals surface area contributed by atoms with E-state index in [1.54, 1.807) is 4.90 Å². The van der Waals surface area contributed by atoms with E-state index >= 15 is 0 Å². The minimum Gasteiger partial charge on any atom is -0.350 e.